The standard InChI is InChI=1S/C17H13N11OS.C7H5N7S.C7H4N4S/c29-16(9-1-2-9)19-11-8-28-12(18-11)5-6-14(24-28)30-17-23-20-13-4-3-10(7-27(13)17)15-21-25-26-22-15;15-7-11-8-5-2-1-4(3-14(5)7)6-9-12-13-10-6;1-8-5-2-3-6-9-10-7(12)11(6)4-5/h3-9H,1-2H2,(H,19,29)(H,21,22,25,26);1-3H,(H,11,15)(H,9,10,12,13);2-4H,(H,10,12). The van der Waals surface area contributed by atoms with Gasteiger partial charge in [-0.05, 0) is 102 Å². The van der Waals surface area contributed by atoms with Crippen molar-refractivity contribution < 1.29 is 4.79 Å². The lowest BCUT2D eigenvalue weighted by Crippen LogP contribution is -2.13. The summed E-state index contributed by atoms with van der Waals surface area (Å²) in [6.07, 6.45) is 8.91. The molecule has 0 saturated heterocycles. The van der Waals surface area contributed by atoms with Crippen molar-refractivity contribution in [2.75, 3.05) is 5.32 Å². The van der Waals surface area contributed by atoms with E-state index >= 15 is 0 Å². The van der Waals surface area contributed by atoms with Crippen LogP contribution in [0, 0.1) is 22.0 Å². The van der Waals surface area contributed by atoms with Crippen molar-refractivity contribution in [2.45, 2.75) is 23.0 Å². The van der Waals surface area contributed by atoms with Crippen LogP contribution in [0.1, 0.15) is 12.8 Å². The number of H-pyrrole nitrogens is 4. The molecule has 1 saturated carbocycles. The van der Waals surface area contributed by atoms with Gasteiger partial charge < -0.3 is 5.32 Å². The van der Waals surface area contributed by atoms with E-state index in [1.54, 1.807) is 37.8 Å². The fourth-order valence-corrected chi connectivity index (χ4v) is 6.45. The lowest BCUT2D eigenvalue weighted by atomic mass is 10.3. The zero-order valence-corrected chi connectivity index (χ0v) is 31.1. The molecule has 0 bridgehead atoms. The first-order valence-corrected chi connectivity index (χ1v) is 18.2. The monoisotopic (exact) mass is 814 g/mol. The molecule has 0 unspecified atom stereocenters. The highest BCUT2D eigenvalue weighted by Gasteiger charge is 2.30. The number of hydrogen-bond acceptors (Lipinski definition) is 16. The second-order valence-electron chi connectivity index (χ2n) is 12.0. The summed E-state index contributed by atoms with van der Waals surface area (Å²) in [5, 5.41) is 58.2. The third-order valence-corrected chi connectivity index (χ3v) is 9.67. The number of fused-ring (bicyclic) bond motifs is 4. The molecule has 23 nitrogen and oxygen atoms in total. The Morgan fingerprint density at radius 2 is 1.37 bits per heavy atom. The number of imidazole rings is 1. The summed E-state index contributed by atoms with van der Waals surface area (Å²) < 4.78 is 7.95. The van der Waals surface area contributed by atoms with Crippen molar-refractivity contribution in [3.63, 3.8) is 0 Å². The minimum atomic E-state index is 0.0142. The molecule has 1 aliphatic rings. The number of anilines is 1. The number of aromatic amines is 4. The smallest absolute Gasteiger partial charge is 0.228 e. The number of pyridine rings is 3. The lowest BCUT2D eigenvalue weighted by Gasteiger charge is -2.01. The Kier molecular flexibility index (Phi) is 9.17. The second-order valence-corrected chi connectivity index (χ2v) is 13.8. The highest BCUT2D eigenvalue weighted by atomic mass is 32.2. The summed E-state index contributed by atoms with van der Waals surface area (Å²) in [7, 11) is 0. The molecule has 0 aliphatic heterocycles. The summed E-state index contributed by atoms with van der Waals surface area (Å²) in [6, 6.07) is 14.5. The molecule has 10 aromatic heterocycles. The van der Waals surface area contributed by atoms with E-state index in [9.17, 15) is 4.79 Å². The fraction of sp³-hybridized carbons (Fsp3) is 0.0968. The topological polar surface area (TPSA) is 269 Å². The largest absolute Gasteiger partial charge is 0.309 e. The number of rotatable bonds is 6. The molecule has 5 N–H and O–H groups in total. The van der Waals surface area contributed by atoms with Gasteiger partial charge in [-0.25, -0.2) is 14.3 Å². The van der Waals surface area contributed by atoms with Gasteiger partial charge in [0.15, 0.2) is 37.9 Å². The maximum Gasteiger partial charge on any atom is 0.228 e. The number of tetrazole rings is 2. The Labute approximate surface area is 330 Å². The number of amides is 1. The zero-order chi connectivity index (χ0) is 38.9. The number of aromatic nitrogens is 20. The number of carbonyl (C=O) groups excluding carboxylic acids is 1. The number of nitrogens with one attached hydrogen (secondary N) is 5. The average Bonchev–Trinajstić information content (AvgIpc) is 3.89. The van der Waals surface area contributed by atoms with Crippen LogP contribution in [-0.4, -0.2) is 106 Å². The van der Waals surface area contributed by atoms with E-state index in [0.29, 0.717) is 54.2 Å². The number of carbonyl (C=O) groups is 1. The highest BCUT2D eigenvalue weighted by Crippen LogP contribution is 2.30. The molecule has 1 amide bonds. The summed E-state index contributed by atoms with van der Waals surface area (Å²) in [5.41, 5.74) is 5.00. The van der Waals surface area contributed by atoms with Crippen LogP contribution in [0.2, 0.25) is 0 Å². The van der Waals surface area contributed by atoms with Crippen molar-refractivity contribution >= 4 is 76.2 Å². The van der Waals surface area contributed by atoms with Crippen LogP contribution in [0.15, 0.2) is 83.5 Å². The van der Waals surface area contributed by atoms with E-state index in [0.717, 1.165) is 35.3 Å². The molecule has 10 aromatic rings. The van der Waals surface area contributed by atoms with Gasteiger partial charge in [-0.2, -0.15) is 25.7 Å². The maximum absolute atomic E-state index is 11.9. The summed E-state index contributed by atoms with van der Waals surface area (Å²) in [5.74, 6) is 1.65. The first-order valence-electron chi connectivity index (χ1n) is 16.6. The SMILES string of the molecule is O=C(Nc1cn2nc(Sc3nnc4ccc(-c5nn[nH]n5)cn34)ccc2n1)C1CC1.S=c1[nH]nc2ccc(-c3nn[nH]n3)cn12.[C-]#[N+]c1ccc2n[nH]c(=S)n2c1. The van der Waals surface area contributed by atoms with E-state index in [1.165, 1.54) is 11.8 Å². The van der Waals surface area contributed by atoms with E-state index < -0.39 is 0 Å². The zero-order valence-electron chi connectivity index (χ0n) is 28.7. The molecule has 0 aromatic carbocycles. The predicted octanol–water partition coefficient (Wildman–Crippen LogP) is 3.97. The Morgan fingerprint density at radius 3 is 2.02 bits per heavy atom. The predicted molar refractivity (Wildman–Crippen MR) is 205 cm³/mol. The van der Waals surface area contributed by atoms with Crippen molar-refractivity contribution in [2.24, 2.45) is 5.92 Å². The molecule has 280 valence electrons. The molecular weight excluding hydrogens is 793 g/mol. The van der Waals surface area contributed by atoms with E-state index in [-0.39, 0.29) is 11.8 Å². The minimum absolute atomic E-state index is 0.0142. The number of hydrogen-bond donors (Lipinski definition) is 5. The minimum Gasteiger partial charge on any atom is -0.309 e. The third kappa shape index (κ3) is 7.42. The van der Waals surface area contributed by atoms with Gasteiger partial charge in [-0.1, -0.05) is 6.07 Å². The van der Waals surface area contributed by atoms with Crippen LogP contribution in [0.4, 0.5) is 11.5 Å². The van der Waals surface area contributed by atoms with E-state index in [1.807, 2.05) is 53.2 Å². The molecule has 0 spiro atoms. The Bertz CT molecular complexity index is 3200. The molecule has 0 atom stereocenters. The maximum atomic E-state index is 11.9. The summed E-state index contributed by atoms with van der Waals surface area (Å²) in [6.45, 7) is 6.79. The molecular formula is C31H22N22OS3. The van der Waals surface area contributed by atoms with Crippen molar-refractivity contribution in [3.8, 4) is 22.8 Å². The van der Waals surface area contributed by atoms with Gasteiger partial charge in [0.05, 0.1) is 12.8 Å². The van der Waals surface area contributed by atoms with Gasteiger partial charge in [-0.3, -0.25) is 28.2 Å². The van der Waals surface area contributed by atoms with Crippen molar-refractivity contribution in [1.29, 1.82) is 0 Å². The molecule has 1 fully saturated rings. The van der Waals surface area contributed by atoms with Crippen LogP contribution < -0.4 is 5.32 Å². The molecule has 11 rings (SSSR count). The van der Waals surface area contributed by atoms with Crippen LogP contribution in [0.3, 0.4) is 0 Å². The molecule has 1 aliphatic carbocycles. The molecule has 26 heteroatoms. The van der Waals surface area contributed by atoms with E-state index in [2.05, 4.69) is 92.1 Å². The molecule has 57 heavy (non-hydrogen) atoms. The quantitative estimate of drug-likeness (QED) is 0.117. The van der Waals surface area contributed by atoms with E-state index in [4.69, 9.17) is 31.0 Å². The van der Waals surface area contributed by atoms with Crippen LogP contribution >= 0.6 is 36.2 Å². The number of nitrogens with zero attached hydrogens (tertiary/aromatic N) is 17. The average molecular weight is 815 g/mol. The fourth-order valence-electron chi connectivity index (χ4n) is 5.28. The van der Waals surface area contributed by atoms with Crippen molar-refractivity contribution in [1.82, 2.24) is 99.6 Å². The first kappa shape index (κ1) is 35.1. The van der Waals surface area contributed by atoms with Gasteiger partial charge in [-0.15, -0.1) is 30.6 Å². The van der Waals surface area contributed by atoms with Gasteiger partial charge in [0.2, 0.25) is 28.4 Å². The van der Waals surface area contributed by atoms with Gasteiger partial charge in [0, 0.05) is 35.6 Å². The Balaban J connectivity index is 0.000000129. The second kappa shape index (κ2) is 14.9. The Morgan fingerprint density at radius 1 is 0.737 bits per heavy atom. The normalized spacial score (nSPS) is 12.3. The lowest BCUT2D eigenvalue weighted by molar-refractivity contribution is -0.117. The molecule has 0 radical (unpaired) electrons. The first-order chi connectivity index (χ1) is 27.9. The molecule has 10 heterocycles. The highest BCUT2D eigenvalue weighted by molar-refractivity contribution is 7.99. The van der Waals surface area contributed by atoms with Crippen LogP contribution in [-0.2, 0) is 4.79 Å². The Hall–Kier alpha value is -7.63. The summed E-state index contributed by atoms with van der Waals surface area (Å²) in [4.78, 5) is 19.6. The van der Waals surface area contributed by atoms with Gasteiger partial charge in [0.1, 0.15) is 5.03 Å². The van der Waals surface area contributed by atoms with Gasteiger partial charge >= 0.3 is 0 Å². The van der Waals surface area contributed by atoms with Crippen LogP contribution in [0.25, 0.3) is 50.2 Å². The van der Waals surface area contributed by atoms with Crippen molar-refractivity contribution in [3.05, 3.63) is 94.3 Å². The van der Waals surface area contributed by atoms with Gasteiger partial charge in [0.25, 0.3) is 0 Å². The third-order valence-electron chi connectivity index (χ3n) is 8.21. The summed E-state index contributed by atoms with van der Waals surface area (Å²) >= 11 is 11.4. The van der Waals surface area contributed by atoms with Crippen LogP contribution in [0.5, 0.6) is 0 Å².